The molecule has 0 spiro atoms. The first-order valence-electron chi connectivity index (χ1n) is 7.01. The Balaban J connectivity index is 1.90. The van der Waals surface area contributed by atoms with Crippen molar-refractivity contribution in [3.8, 4) is 0 Å². The highest BCUT2D eigenvalue weighted by Gasteiger charge is 2.37. The van der Waals surface area contributed by atoms with Gasteiger partial charge in [-0.2, -0.15) is 13.2 Å². The van der Waals surface area contributed by atoms with E-state index in [1.54, 1.807) is 4.90 Å². The maximum Gasteiger partial charge on any atom is 0.389 e. The normalized spacial score (nSPS) is 30.4. The van der Waals surface area contributed by atoms with Crippen molar-refractivity contribution in [1.29, 1.82) is 0 Å². The Kier molecular flexibility index (Phi) is 4.38. The van der Waals surface area contributed by atoms with Gasteiger partial charge in [0.05, 0.1) is 6.42 Å². The molecule has 2 rings (SSSR count). The molecule has 2 unspecified atom stereocenters. The van der Waals surface area contributed by atoms with Crippen LogP contribution in [0.3, 0.4) is 0 Å². The Morgan fingerprint density at radius 1 is 1.26 bits per heavy atom. The maximum atomic E-state index is 12.2. The summed E-state index contributed by atoms with van der Waals surface area (Å²) in [6.45, 7) is 2.34. The van der Waals surface area contributed by atoms with Crippen LogP contribution in [0.4, 0.5) is 13.2 Å². The summed E-state index contributed by atoms with van der Waals surface area (Å²) in [4.78, 5) is 13.6. The second-order valence-electron chi connectivity index (χ2n) is 5.56. The largest absolute Gasteiger partial charge is 0.389 e. The van der Waals surface area contributed by atoms with Gasteiger partial charge in [0.1, 0.15) is 0 Å². The summed E-state index contributed by atoms with van der Waals surface area (Å²) in [5.41, 5.74) is 0. The zero-order chi connectivity index (χ0) is 14.0. The van der Waals surface area contributed by atoms with Gasteiger partial charge >= 0.3 is 6.18 Å². The molecule has 2 heterocycles. The predicted octanol–water partition coefficient (Wildman–Crippen LogP) is 2.46. The van der Waals surface area contributed by atoms with Crippen LogP contribution in [0.2, 0.25) is 0 Å². The summed E-state index contributed by atoms with van der Waals surface area (Å²) >= 11 is 0. The number of nitrogens with one attached hydrogen (secondary N) is 1. The molecule has 0 aromatic rings. The number of hydrogen-bond acceptors (Lipinski definition) is 2. The quantitative estimate of drug-likeness (QED) is 0.856. The van der Waals surface area contributed by atoms with Gasteiger partial charge in [-0.25, -0.2) is 0 Å². The molecular weight excluding hydrogens is 257 g/mol. The standard InChI is InChI=1S/C13H21F3N2O/c1-2-18(12(19)5-6-13(14,15)16)11-7-9-3-4-10(8-11)17-9/h9-11,17H,2-8H2,1H3. The van der Waals surface area contributed by atoms with Crippen LogP contribution in [0.25, 0.3) is 0 Å². The minimum Gasteiger partial charge on any atom is -0.340 e. The number of halogens is 3. The third-order valence-electron chi connectivity index (χ3n) is 4.17. The highest BCUT2D eigenvalue weighted by Crippen LogP contribution is 2.30. The third-order valence-corrected chi connectivity index (χ3v) is 4.17. The van der Waals surface area contributed by atoms with Crippen molar-refractivity contribution >= 4 is 5.91 Å². The number of rotatable bonds is 4. The van der Waals surface area contributed by atoms with E-state index in [1.165, 1.54) is 0 Å². The van der Waals surface area contributed by atoms with Crippen molar-refractivity contribution in [2.45, 2.75) is 69.8 Å². The first-order valence-corrected chi connectivity index (χ1v) is 7.01. The fourth-order valence-corrected chi connectivity index (χ4v) is 3.31. The fraction of sp³-hybridized carbons (Fsp3) is 0.923. The molecule has 0 saturated carbocycles. The average molecular weight is 278 g/mol. The van der Waals surface area contributed by atoms with Crippen LogP contribution in [0.15, 0.2) is 0 Å². The predicted molar refractivity (Wildman–Crippen MR) is 65.6 cm³/mol. The molecule has 2 saturated heterocycles. The van der Waals surface area contributed by atoms with E-state index in [0.29, 0.717) is 18.6 Å². The van der Waals surface area contributed by atoms with E-state index in [1.807, 2.05) is 6.92 Å². The van der Waals surface area contributed by atoms with Gasteiger partial charge in [-0.15, -0.1) is 0 Å². The number of hydrogen-bond donors (Lipinski definition) is 1. The smallest absolute Gasteiger partial charge is 0.340 e. The van der Waals surface area contributed by atoms with Gasteiger partial charge in [0.2, 0.25) is 5.91 Å². The van der Waals surface area contributed by atoms with E-state index in [4.69, 9.17) is 0 Å². The second kappa shape index (κ2) is 5.69. The van der Waals surface area contributed by atoms with Gasteiger partial charge in [0.25, 0.3) is 0 Å². The summed E-state index contributed by atoms with van der Waals surface area (Å²) in [6, 6.07) is 0.992. The highest BCUT2D eigenvalue weighted by molar-refractivity contribution is 5.76. The zero-order valence-corrected chi connectivity index (χ0v) is 11.2. The highest BCUT2D eigenvalue weighted by atomic mass is 19.4. The Bertz CT molecular complexity index is 320. The number of carbonyl (C=O) groups is 1. The van der Waals surface area contributed by atoms with Crippen molar-refractivity contribution in [3.05, 3.63) is 0 Å². The van der Waals surface area contributed by atoms with E-state index in [-0.39, 0.29) is 11.9 Å². The molecule has 0 aliphatic carbocycles. The molecule has 2 aliphatic heterocycles. The molecule has 0 aromatic heterocycles. The molecule has 1 amide bonds. The molecule has 2 fully saturated rings. The lowest BCUT2D eigenvalue weighted by Crippen LogP contribution is -2.50. The number of alkyl halides is 3. The Labute approximate surface area is 111 Å². The van der Waals surface area contributed by atoms with E-state index >= 15 is 0 Å². The first-order chi connectivity index (χ1) is 8.89. The second-order valence-corrected chi connectivity index (χ2v) is 5.56. The van der Waals surface area contributed by atoms with Gasteiger partial charge in [-0.05, 0) is 32.6 Å². The van der Waals surface area contributed by atoms with Gasteiger partial charge in [0.15, 0.2) is 0 Å². The molecule has 0 aromatic carbocycles. The minimum atomic E-state index is -4.25. The summed E-state index contributed by atoms with van der Waals surface area (Å²) in [5.74, 6) is -0.355. The molecule has 2 bridgehead atoms. The lowest BCUT2D eigenvalue weighted by molar-refractivity contribution is -0.150. The number of piperidine rings is 1. The van der Waals surface area contributed by atoms with E-state index in [9.17, 15) is 18.0 Å². The van der Waals surface area contributed by atoms with Crippen molar-refractivity contribution < 1.29 is 18.0 Å². The summed E-state index contributed by atoms with van der Waals surface area (Å²) in [6.07, 6.45) is -1.69. The van der Waals surface area contributed by atoms with Crippen LogP contribution in [0, 0.1) is 0 Å². The van der Waals surface area contributed by atoms with Crippen LogP contribution < -0.4 is 5.32 Å². The van der Waals surface area contributed by atoms with Crippen molar-refractivity contribution in [3.63, 3.8) is 0 Å². The molecule has 110 valence electrons. The molecule has 0 radical (unpaired) electrons. The van der Waals surface area contributed by atoms with Crippen LogP contribution in [0.1, 0.15) is 45.4 Å². The fourth-order valence-electron chi connectivity index (χ4n) is 3.31. The maximum absolute atomic E-state index is 12.2. The lowest BCUT2D eigenvalue weighted by atomic mass is 9.97. The molecule has 3 nitrogen and oxygen atoms in total. The number of amides is 1. The van der Waals surface area contributed by atoms with Gasteiger partial charge < -0.3 is 10.2 Å². The van der Waals surface area contributed by atoms with Crippen LogP contribution >= 0.6 is 0 Å². The SMILES string of the molecule is CCN(C(=O)CCC(F)(F)F)C1CC2CCC(C1)N2. The number of carbonyl (C=O) groups excluding carboxylic acids is 1. The summed E-state index contributed by atoms with van der Waals surface area (Å²) < 4.78 is 36.5. The van der Waals surface area contributed by atoms with E-state index in [0.717, 1.165) is 25.7 Å². The van der Waals surface area contributed by atoms with Crippen LogP contribution in [-0.2, 0) is 4.79 Å². The van der Waals surface area contributed by atoms with Gasteiger partial charge in [-0.1, -0.05) is 0 Å². The first kappa shape index (κ1) is 14.6. The van der Waals surface area contributed by atoms with Crippen LogP contribution in [0.5, 0.6) is 0 Å². The summed E-state index contributed by atoms with van der Waals surface area (Å²) in [5, 5.41) is 3.48. The third kappa shape index (κ3) is 3.84. The number of nitrogens with zero attached hydrogens (tertiary/aromatic N) is 1. The molecule has 6 heteroatoms. The van der Waals surface area contributed by atoms with Gasteiger partial charge in [0, 0.05) is 31.1 Å². The van der Waals surface area contributed by atoms with Crippen molar-refractivity contribution in [2.75, 3.05) is 6.54 Å². The number of fused-ring (bicyclic) bond motifs is 2. The Morgan fingerprint density at radius 2 is 1.84 bits per heavy atom. The van der Waals surface area contributed by atoms with Crippen LogP contribution in [-0.4, -0.2) is 41.7 Å². The van der Waals surface area contributed by atoms with E-state index in [2.05, 4.69) is 5.32 Å². The monoisotopic (exact) mass is 278 g/mol. The Morgan fingerprint density at radius 3 is 2.32 bits per heavy atom. The van der Waals surface area contributed by atoms with Crippen molar-refractivity contribution in [2.24, 2.45) is 0 Å². The Hall–Kier alpha value is -0.780. The van der Waals surface area contributed by atoms with Crippen molar-refractivity contribution in [1.82, 2.24) is 10.2 Å². The van der Waals surface area contributed by atoms with Gasteiger partial charge in [-0.3, -0.25) is 4.79 Å². The molecular formula is C13H21F3N2O. The lowest BCUT2D eigenvalue weighted by Gasteiger charge is -2.37. The topological polar surface area (TPSA) is 32.3 Å². The zero-order valence-electron chi connectivity index (χ0n) is 11.2. The minimum absolute atomic E-state index is 0.115. The molecule has 1 N–H and O–H groups in total. The van der Waals surface area contributed by atoms with E-state index < -0.39 is 19.0 Å². The molecule has 2 atom stereocenters. The molecule has 19 heavy (non-hydrogen) atoms. The molecule has 2 aliphatic rings. The average Bonchev–Trinajstić information content (AvgIpc) is 2.66. The summed E-state index contributed by atoms with van der Waals surface area (Å²) in [7, 11) is 0.